The quantitative estimate of drug-likeness (QED) is 0.532. The highest BCUT2D eigenvalue weighted by Gasteiger charge is 2.42. The number of halogens is 6. The molecule has 13 heavy (non-hydrogen) atoms. The zero-order chi connectivity index (χ0) is 10.5. The average molecular weight is 332 g/mol. The van der Waals surface area contributed by atoms with Gasteiger partial charge in [0.05, 0.1) is 0 Å². The summed E-state index contributed by atoms with van der Waals surface area (Å²) in [6.45, 7) is 0. The van der Waals surface area contributed by atoms with Gasteiger partial charge in [-0.2, -0.15) is 17.6 Å². The van der Waals surface area contributed by atoms with Crippen molar-refractivity contribution in [3.05, 3.63) is 0 Å². The van der Waals surface area contributed by atoms with Crippen LogP contribution in [0.3, 0.4) is 0 Å². The largest absolute Gasteiger partial charge is 0.360 e. The lowest BCUT2D eigenvalue weighted by atomic mass is 10.4. The van der Waals surface area contributed by atoms with Crippen molar-refractivity contribution in [2.75, 3.05) is 10.7 Å². The van der Waals surface area contributed by atoms with Crippen LogP contribution in [-0.2, 0) is 4.74 Å². The van der Waals surface area contributed by atoms with E-state index in [1.54, 1.807) is 0 Å². The first-order valence-electron chi connectivity index (χ1n) is 3.41. The third kappa shape index (κ3) is 6.68. The standard InChI is InChI=1S/C6H8Br2F4O/c7-3-1-5(9,10)13-6(11,12)2-4-8/h1-4H2. The summed E-state index contributed by atoms with van der Waals surface area (Å²) in [6, 6.07) is 0. The van der Waals surface area contributed by atoms with Crippen molar-refractivity contribution in [2.24, 2.45) is 0 Å². The van der Waals surface area contributed by atoms with E-state index in [-0.39, 0.29) is 10.7 Å². The lowest BCUT2D eigenvalue weighted by Gasteiger charge is -2.22. The van der Waals surface area contributed by atoms with Gasteiger partial charge in [-0.3, -0.25) is 4.74 Å². The number of hydrogen-bond acceptors (Lipinski definition) is 1. The molecule has 0 heterocycles. The Hall–Kier alpha value is 0.640. The first-order valence-corrected chi connectivity index (χ1v) is 5.65. The Morgan fingerprint density at radius 3 is 1.38 bits per heavy atom. The summed E-state index contributed by atoms with van der Waals surface area (Å²) in [4.78, 5) is 0. The molecule has 7 heteroatoms. The second-order valence-corrected chi connectivity index (χ2v) is 3.84. The van der Waals surface area contributed by atoms with E-state index in [2.05, 4.69) is 36.6 Å². The molecule has 0 aliphatic heterocycles. The van der Waals surface area contributed by atoms with Gasteiger partial charge in [-0.1, -0.05) is 31.9 Å². The van der Waals surface area contributed by atoms with Crippen LogP contribution >= 0.6 is 31.9 Å². The third-order valence-electron chi connectivity index (χ3n) is 1.07. The monoisotopic (exact) mass is 330 g/mol. The Morgan fingerprint density at radius 1 is 0.846 bits per heavy atom. The molecule has 0 atom stereocenters. The van der Waals surface area contributed by atoms with Crippen LogP contribution < -0.4 is 0 Å². The molecular weight excluding hydrogens is 324 g/mol. The second-order valence-electron chi connectivity index (χ2n) is 2.25. The van der Waals surface area contributed by atoms with Gasteiger partial charge < -0.3 is 0 Å². The molecule has 0 aliphatic carbocycles. The summed E-state index contributed by atoms with van der Waals surface area (Å²) in [5.41, 5.74) is 0. The van der Waals surface area contributed by atoms with Gasteiger partial charge in [-0.05, 0) is 0 Å². The molecule has 0 aromatic heterocycles. The predicted molar refractivity (Wildman–Crippen MR) is 47.8 cm³/mol. The predicted octanol–water partition coefficient (Wildman–Crippen LogP) is 3.76. The molecule has 0 amide bonds. The van der Waals surface area contributed by atoms with E-state index in [1.165, 1.54) is 0 Å². The van der Waals surface area contributed by atoms with E-state index < -0.39 is 25.1 Å². The van der Waals surface area contributed by atoms with Gasteiger partial charge in [0.15, 0.2) is 0 Å². The Kier molecular flexibility index (Phi) is 5.77. The molecule has 80 valence electrons. The zero-order valence-electron chi connectivity index (χ0n) is 6.50. The van der Waals surface area contributed by atoms with Crippen LogP contribution in [0.2, 0.25) is 0 Å². The van der Waals surface area contributed by atoms with Crippen molar-refractivity contribution in [1.82, 2.24) is 0 Å². The number of ether oxygens (including phenoxy) is 1. The van der Waals surface area contributed by atoms with Crippen molar-refractivity contribution in [3.63, 3.8) is 0 Å². The minimum atomic E-state index is -3.78. The van der Waals surface area contributed by atoms with Crippen LogP contribution in [0, 0.1) is 0 Å². The van der Waals surface area contributed by atoms with Crippen molar-refractivity contribution < 1.29 is 22.3 Å². The first-order chi connectivity index (χ1) is 5.83. The van der Waals surface area contributed by atoms with Crippen molar-refractivity contribution in [1.29, 1.82) is 0 Å². The van der Waals surface area contributed by atoms with Gasteiger partial charge in [-0.15, -0.1) is 0 Å². The summed E-state index contributed by atoms with van der Waals surface area (Å²) in [6.07, 6.45) is -9.11. The van der Waals surface area contributed by atoms with Gasteiger partial charge in [0.1, 0.15) is 0 Å². The Balaban J connectivity index is 4.07. The van der Waals surface area contributed by atoms with Gasteiger partial charge in [0.2, 0.25) is 0 Å². The summed E-state index contributed by atoms with van der Waals surface area (Å²) in [5.74, 6) is 0. The summed E-state index contributed by atoms with van der Waals surface area (Å²) in [5, 5.41) is -0.186. The molecule has 0 unspecified atom stereocenters. The smallest absolute Gasteiger partial charge is 0.255 e. The van der Waals surface area contributed by atoms with Crippen molar-refractivity contribution in [3.8, 4) is 0 Å². The van der Waals surface area contributed by atoms with E-state index in [4.69, 9.17) is 0 Å². The van der Waals surface area contributed by atoms with Crippen LogP contribution in [0.15, 0.2) is 0 Å². The highest BCUT2D eigenvalue weighted by molar-refractivity contribution is 9.09. The minimum Gasteiger partial charge on any atom is -0.255 e. The van der Waals surface area contributed by atoms with Gasteiger partial charge in [-0.25, -0.2) is 0 Å². The molecule has 0 aromatic rings. The normalized spacial score (nSPS) is 13.4. The minimum absolute atomic E-state index is 0.0929. The van der Waals surface area contributed by atoms with E-state index in [0.29, 0.717) is 0 Å². The molecule has 0 radical (unpaired) electrons. The first kappa shape index (κ1) is 13.6. The maximum Gasteiger partial charge on any atom is 0.360 e. The molecule has 0 saturated carbocycles. The Labute approximate surface area is 90.1 Å². The number of rotatable bonds is 6. The Bertz CT molecular complexity index is 138. The molecule has 0 saturated heterocycles. The molecule has 0 bridgehead atoms. The van der Waals surface area contributed by atoms with Gasteiger partial charge >= 0.3 is 12.2 Å². The molecule has 0 N–H and O–H groups in total. The molecule has 0 aliphatic rings. The molecule has 0 fully saturated rings. The van der Waals surface area contributed by atoms with Gasteiger partial charge in [0.25, 0.3) is 0 Å². The summed E-state index contributed by atoms with van der Waals surface area (Å²) < 4.78 is 53.4. The SMILES string of the molecule is FC(F)(CCBr)OC(F)(F)CCBr. The Morgan fingerprint density at radius 2 is 1.15 bits per heavy atom. The van der Waals surface area contributed by atoms with Crippen LogP contribution in [0.4, 0.5) is 17.6 Å². The molecule has 0 rings (SSSR count). The third-order valence-corrected chi connectivity index (χ3v) is 1.86. The molecule has 0 aromatic carbocycles. The highest BCUT2D eigenvalue weighted by atomic mass is 79.9. The van der Waals surface area contributed by atoms with E-state index >= 15 is 0 Å². The topological polar surface area (TPSA) is 9.23 Å². The maximum absolute atomic E-state index is 12.5. The average Bonchev–Trinajstić information content (AvgIpc) is 1.82. The van der Waals surface area contributed by atoms with Crippen LogP contribution in [0.25, 0.3) is 0 Å². The zero-order valence-corrected chi connectivity index (χ0v) is 9.68. The van der Waals surface area contributed by atoms with E-state index in [1.807, 2.05) is 0 Å². The van der Waals surface area contributed by atoms with Crippen LogP contribution in [-0.4, -0.2) is 22.9 Å². The van der Waals surface area contributed by atoms with Gasteiger partial charge in [0, 0.05) is 23.5 Å². The summed E-state index contributed by atoms with van der Waals surface area (Å²) in [7, 11) is 0. The van der Waals surface area contributed by atoms with E-state index in [9.17, 15) is 17.6 Å². The fourth-order valence-electron chi connectivity index (χ4n) is 0.541. The molecule has 0 spiro atoms. The fourth-order valence-corrected chi connectivity index (χ4v) is 1.46. The molecule has 1 nitrogen and oxygen atoms in total. The highest BCUT2D eigenvalue weighted by Crippen LogP contribution is 2.32. The maximum atomic E-state index is 12.5. The molecular formula is C6H8Br2F4O. The second kappa shape index (κ2) is 5.50. The van der Waals surface area contributed by atoms with Crippen LogP contribution in [0.5, 0.6) is 0 Å². The number of alkyl halides is 6. The fraction of sp³-hybridized carbons (Fsp3) is 1.00. The van der Waals surface area contributed by atoms with Crippen molar-refractivity contribution in [2.45, 2.75) is 25.1 Å². The van der Waals surface area contributed by atoms with Crippen LogP contribution in [0.1, 0.15) is 12.8 Å². The lowest BCUT2D eigenvalue weighted by molar-refractivity contribution is -0.374. The van der Waals surface area contributed by atoms with E-state index in [0.717, 1.165) is 0 Å². The number of hydrogen-bond donors (Lipinski definition) is 0. The van der Waals surface area contributed by atoms with Crippen molar-refractivity contribution >= 4 is 31.9 Å². The lowest BCUT2D eigenvalue weighted by Crippen LogP contribution is -2.33. The summed E-state index contributed by atoms with van der Waals surface area (Å²) >= 11 is 5.44.